The molecule has 0 aliphatic heterocycles. The molecule has 1 aromatic heterocycles. The average molecular weight is 257 g/mol. The van der Waals surface area contributed by atoms with Gasteiger partial charge in [0.15, 0.2) is 0 Å². The lowest BCUT2D eigenvalue weighted by molar-refractivity contribution is 0.102. The molecule has 5 heteroatoms. The molecule has 2 rings (SSSR count). The Hall–Kier alpha value is -2.40. The van der Waals surface area contributed by atoms with Gasteiger partial charge in [0.25, 0.3) is 5.91 Å². The van der Waals surface area contributed by atoms with Gasteiger partial charge >= 0.3 is 0 Å². The van der Waals surface area contributed by atoms with E-state index in [2.05, 4.69) is 10.3 Å². The van der Waals surface area contributed by atoms with E-state index in [1.165, 1.54) is 0 Å². The van der Waals surface area contributed by atoms with Gasteiger partial charge in [-0.15, -0.1) is 0 Å². The molecular weight excluding hydrogens is 242 g/mol. The number of aromatic nitrogens is 1. The minimum absolute atomic E-state index is 0.263. The summed E-state index contributed by atoms with van der Waals surface area (Å²) in [6.45, 7) is 0.380. The number of rotatable bonds is 4. The minimum Gasteiger partial charge on any atom is -0.497 e. The molecule has 0 saturated heterocycles. The zero-order valence-corrected chi connectivity index (χ0v) is 10.6. The molecule has 0 fully saturated rings. The predicted molar refractivity (Wildman–Crippen MR) is 73.1 cm³/mol. The molecule has 0 saturated carbocycles. The SMILES string of the molecule is COc1ccc(NC(=O)c2cc(CN)ccn2)cc1. The van der Waals surface area contributed by atoms with Gasteiger partial charge in [-0.2, -0.15) is 0 Å². The number of anilines is 1. The maximum atomic E-state index is 12.0. The number of carbonyl (C=O) groups excluding carboxylic acids is 1. The van der Waals surface area contributed by atoms with Crippen molar-refractivity contribution in [2.75, 3.05) is 12.4 Å². The maximum Gasteiger partial charge on any atom is 0.274 e. The van der Waals surface area contributed by atoms with Crippen LogP contribution in [0.4, 0.5) is 5.69 Å². The molecule has 0 aliphatic rings. The second kappa shape index (κ2) is 5.97. The molecule has 0 spiro atoms. The highest BCUT2D eigenvalue weighted by Gasteiger charge is 2.08. The molecule has 19 heavy (non-hydrogen) atoms. The van der Waals surface area contributed by atoms with Gasteiger partial charge in [0.1, 0.15) is 11.4 Å². The van der Waals surface area contributed by atoms with Gasteiger partial charge in [-0.3, -0.25) is 9.78 Å². The van der Waals surface area contributed by atoms with Gasteiger partial charge in [0.2, 0.25) is 0 Å². The summed E-state index contributed by atoms with van der Waals surface area (Å²) in [4.78, 5) is 16.0. The summed E-state index contributed by atoms with van der Waals surface area (Å²) in [5.74, 6) is 0.474. The van der Waals surface area contributed by atoms with Crippen molar-refractivity contribution in [3.8, 4) is 5.75 Å². The standard InChI is InChI=1S/C14H15N3O2/c1-19-12-4-2-11(3-5-12)17-14(18)13-8-10(9-15)6-7-16-13/h2-8H,9,15H2,1H3,(H,17,18). The Kier molecular flexibility index (Phi) is 4.10. The molecular formula is C14H15N3O2. The second-order valence-corrected chi connectivity index (χ2v) is 3.94. The van der Waals surface area contributed by atoms with Crippen LogP contribution in [0.1, 0.15) is 16.1 Å². The van der Waals surface area contributed by atoms with Gasteiger partial charge in [-0.05, 0) is 42.0 Å². The van der Waals surface area contributed by atoms with Gasteiger partial charge in [0.05, 0.1) is 7.11 Å². The van der Waals surface area contributed by atoms with E-state index in [0.29, 0.717) is 17.9 Å². The van der Waals surface area contributed by atoms with Crippen LogP contribution in [0.25, 0.3) is 0 Å². The van der Waals surface area contributed by atoms with Crippen LogP contribution in [0.15, 0.2) is 42.6 Å². The normalized spacial score (nSPS) is 10.0. The lowest BCUT2D eigenvalue weighted by Crippen LogP contribution is -2.14. The number of hydrogen-bond donors (Lipinski definition) is 2. The Morgan fingerprint density at radius 3 is 2.68 bits per heavy atom. The van der Waals surface area contributed by atoms with Crippen LogP contribution >= 0.6 is 0 Å². The molecule has 0 atom stereocenters. The first kappa shape index (κ1) is 13.0. The van der Waals surface area contributed by atoms with Crippen LogP contribution in [0, 0.1) is 0 Å². The highest BCUT2D eigenvalue weighted by Crippen LogP contribution is 2.15. The number of pyridine rings is 1. The predicted octanol–water partition coefficient (Wildman–Crippen LogP) is 1.80. The molecule has 0 aliphatic carbocycles. The summed E-state index contributed by atoms with van der Waals surface area (Å²) in [6.07, 6.45) is 1.57. The Labute approximate surface area is 111 Å². The van der Waals surface area contributed by atoms with Crippen molar-refractivity contribution in [2.24, 2.45) is 5.73 Å². The quantitative estimate of drug-likeness (QED) is 0.875. The zero-order valence-electron chi connectivity index (χ0n) is 10.6. The zero-order chi connectivity index (χ0) is 13.7. The Morgan fingerprint density at radius 2 is 2.05 bits per heavy atom. The van der Waals surface area contributed by atoms with E-state index in [1.54, 1.807) is 49.7 Å². The fourth-order valence-electron chi connectivity index (χ4n) is 1.59. The van der Waals surface area contributed by atoms with Crippen molar-refractivity contribution in [2.45, 2.75) is 6.54 Å². The van der Waals surface area contributed by atoms with Gasteiger partial charge in [0, 0.05) is 18.4 Å². The van der Waals surface area contributed by atoms with Crippen LogP contribution < -0.4 is 15.8 Å². The molecule has 3 N–H and O–H groups in total. The van der Waals surface area contributed by atoms with E-state index in [4.69, 9.17) is 10.5 Å². The second-order valence-electron chi connectivity index (χ2n) is 3.94. The molecule has 0 unspecified atom stereocenters. The maximum absolute atomic E-state index is 12.0. The molecule has 1 heterocycles. The van der Waals surface area contributed by atoms with Crippen molar-refractivity contribution < 1.29 is 9.53 Å². The van der Waals surface area contributed by atoms with Crippen molar-refractivity contribution in [3.05, 3.63) is 53.9 Å². The summed E-state index contributed by atoms with van der Waals surface area (Å²) < 4.78 is 5.05. The number of nitrogens with one attached hydrogen (secondary N) is 1. The molecule has 5 nitrogen and oxygen atoms in total. The summed E-state index contributed by atoms with van der Waals surface area (Å²) in [5, 5.41) is 2.76. The minimum atomic E-state index is -0.263. The molecule has 1 aromatic carbocycles. The summed E-state index contributed by atoms with van der Waals surface area (Å²) in [5.41, 5.74) is 7.43. The van der Waals surface area contributed by atoms with E-state index in [1.807, 2.05) is 0 Å². The first-order chi connectivity index (χ1) is 9.22. The van der Waals surface area contributed by atoms with E-state index in [-0.39, 0.29) is 5.91 Å². The summed E-state index contributed by atoms with van der Waals surface area (Å²) >= 11 is 0. The van der Waals surface area contributed by atoms with Crippen LogP contribution in [-0.2, 0) is 6.54 Å². The van der Waals surface area contributed by atoms with E-state index < -0.39 is 0 Å². The average Bonchev–Trinajstić information content (AvgIpc) is 2.48. The number of hydrogen-bond acceptors (Lipinski definition) is 4. The van der Waals surface area contributed by atoms with Crippen molar-refractivity contribution >= 4 is 11.6 Å². The Morgan fingerprint density at radius 1 is 1.32 bits per heavy atom. The lowest BCUT2D eigenvalue weighted by Gasteiger charge is -2.06. The third kappa shape index (κ3) is 3.29. The monoisotopic (exact) mass is 257 g/mol. The number of methoxy groups -OCH3 is 1. The van der Waals surface area contributed by atoms with Crippen LogP contribution in [-0.4, -0.2) is 18.0 Å². The fourth-order valence-corrected chi connectivity index (χ4v) is 1.59. The highest BCUT2D eigenvalue weighted by molar-refractivity contribution is 6.02. The highest BCUT2D eigenvalue weighted by atomic mass is 16.5. The van der Waals surface area contributed by atoms with Gasteiger partial charge < -0.3 is 15.8 Å². The number of benzene rings is 1. The van der Waals surface area contributed by atoms with Gasteiger partial charge in [-0.1, -0.05) is 0 Å². The third-order valence-corrected chi connectivity index (χ3v) is 2.64. The topological polar surface area (TPSA) is 77.2 Å². The Balaban J connectivity index is 2.11. The van der Waals surface area contributed by atoms with Gasteiger partial charge in [-0.25, -0.2) is 0 Å². The first-order valence-corrected chi connectivity index (χ1v) is 5.83. The van der Waals surface area contributed by atoms with Crippen molar-refractivity contribution in [3.63, 3.8) is 0 Å². The third-order valence-electron chi connectivity index (χ3n) is 2.64. The van der Waals surface area contributed by atoms with Crippen LogP contribution in [0.2, 0.25) is 0 Å². The lowest BCUT2D eigenvalue weighted by atomic mass is 10.2. The van der Waals surface area contributed by atoms with Crippen molar-refractivity contribution in [1.29, 1.82) is 0 Å². The first-order valence-electron chi connectivity index (χ1n) is 5.83. The van der Waals surface area contributed by atoms with E-state index in [9.17, 15) is 4.79 Å². The number of amides is 1. The molecule has 0 bridgehead atoms. The van der Waals surface area contributed by atoms with Crippen LogP contribution in [0.3, 0.4) is 0 Å². The van der Waals surface area contributed by atoms with E-state index in [0.717, 1.165) is 11.3 Å². The number of ether oxygens (including phenoxy) is 1. The number of nitrogens with two attached hydrogens (primary N) is 1. The summed E-state index contributed by atoms with van der Waals surface area (Å²) in [7, 11) is 1.59. The van der Waals surface area contributed by atoms with E-state index >= 15 is 0 Å². The molecule has 98 valence electrons. The molecule has 0 radical (unpaired) electrons. The summed E-state index contributed by atoms with van der Waals surface area (Å²) in [6, 6.07) is 10.6. The molecule has 1 amide bonds. The van der Waals surface area contributed by atoms with Crippen molar-refractivity contribution in [1.82, 2.24) is 4.98 Å². The number of nitrogens with zero attached hydrogens (tertiary/aromatic N) is 1. The largest absolute Gasteiger partial charge is 0.497 e. The van der Waals surface area contributed by atoms with Crippen LogP contribution in [0.5, 0.6) is 5.75 Å². The molecule has 2 aromatic rings. The fraction of sp³-hybridized carbons (Fsp3) is 0.143. The number of carbonyl (C=O) groups is 1. The smallest absolute Gasteiger partial charge is 0.274 e. The Bertz CT molecular complexity index is 567.